The molecule has 2 unspecified atom stereocenters. The Kier molecular flexibility index (Phi) is 4.36. The Hall–Kier alpha value is -0.314. The molecule has 2 atom stereocenters. The van der Waals surface area contributed by atoms with Gasteiger partial charge in [0.2, 0.25) is 0 Å². The van der Waals surface area contributed by atoms with Crippen LogP contribution in [0.4, 0.5) is 0 Å². The molecule has 2 aliphatic carbocycles. The van der Waals surface area contributed by atoms with Crippen molar-refractivity contribution in [1.82, 2.24) is 0 Å². The number of rotatable bonds is 3. The van der Waals surface area contributed by atoms with Crippen molar-refractivity contribution in [2.24, 2.45) is 0 Å². The Morgan fingerprint density at radius 1 is 0.682 bits per heavy atom. The van der Waals surface area contributed by atoms with Crippen LogP contribution in [0.3, 0.4) is 0 Å². The maximum absolute atomic E-state index is 2.36. The SMILES string of the molecule is [Zr][CH]1C=Cc2cccc(CCc3cccc4c3[CH]([Zr])C=C4)c21. The summed E-state index contributed by atoms with van der Waals surface area (Å²) in [5.41, 5.74) is 9.16. The second-order valence-corrected chi connectivity index (χ2v) is 9.07. The van der Waals surface area contributed by atoms with Crippen LogP contribution in [-0.4, -0.2) is 0 Å². The van der Waals surface area contributed by atoms with Crippen LogP contribution in [-0.2, 0) is 62.3 Å². The van der Waals surface area contributed by atoms with E-state index in [0.29, 0.717) is 7.25 Å². The van der Waals surface area contributed by atoms with Gasteiger partial charge < -0.3 is 0 Å². The summed E-state index contributed by atoms with van der Waals surface area (Å²) in [5.74, 6) is 0. The fourth-order valence-electron chi connectivity index (χ4n) is 3.61. The van der Waals surface area contributed by atoms with Gasteiger partial charge in [0, 0.05) is 0 Å². The molecule has 0 saturated heterocycles. The molecule has 0 bridgehead atoms. The molecule has 0 heterocycles. The van der Waals surface area contributed by atoms with E-state index in [2.05, 4.69) is 60.7 Å². The van der Waals surface area contributed by atoms with Crippen LogP contribution < -0.4 is 0 Å². The zero-order chi connectivity index (χ0) is 15.1. The van der Waals surface area contributed by atoms with E-state index in [1.165, 1.54) is 11.1 Å². The molecule has 0 fully saturated rings. The van der Waals surface area contributed by atoms with Gasteiger partial charge in [-0.1, -0.05) is 0 Å². The van der Waals surface area contributed by atoms with Crippen molar-refractivity contribution in [2.75, 3.05) is 0 Å². The third-order valence-corrected chi connectivity index (χ3v) is 7.05. The maximum atomic E-state index is 2.36. The molecular weight excluding hydrogens is 423 g/mol. The number of benzene rings is 2. The van der Waals surface area contributed by atoms with E-state index >= 15 is 0 Å². The van der Waals surface area contributed by atoms with Gasteiger partial charge in [-0.2, -0.15) is 0 Å². The van der Waals surface area contributed by atoms with Crippen LogP contribution in [0.2, 0.25) is 0 Å². The van der Waals surface area contributed by atoms with E-state index in [1.807, 2.05) is 0 Å². The molecule has 0 radical (unpaired) electrons. The van der Waals surface area contributed by atoms with Gasteiger partial charge in [-0.15, -0.1) is 0 Å². The van der Waals surface area contributed by atoms with Crippen LogP contribution in [0.15, 0.2) is 48.6 Å². The van der Waals surface area contributed by atoms with Crippen LogP contribution in [0.1, 0.15) is 40.6 Å². The summed E-state index contributed by atoms with van der Waals surface area (Å²) in [7, 11) is 0. The summed E-state index contributed by atoms with van der Waals surface area (Å²) in [6.45, 7) is 0. The third kappa shape index (κ3) is 2.68. The Labute approximate surface area is 162 Å². The molecule has 4 rings (SSSR count). The molecular formula is C20H16Zr2. The minimum atomic E-state index is 0.658. The second-order valence-electron chi connectivity index (χ2n) is 6.01. The fraction of sp³-hybridized carbons (Fsp3) is 0.200. The molecule has 0 saturated carbocycles. The van der Waals surface area contributed by atoms with E-state index in [-0.39, 0.29) is 0 Å². The molecule has 104 valence electrons. The third-order valence-electron chi connectivity index (χ3n) is 4.68. The summed E-state index contributed by atoms with van der Waals surface area (Å²) < 4.78 is 1.32. The predicted octanol–water partition coefficient (Wildman–Crippen LogP) is 4.70. The van der Waals surface area contributed by atoms with Gasteiger partial charge in [-0.05, 0) is 0 Å². The normalized spacial score (nSPS) is 21.0. The molecule has 0 aromatic heterocycles. The van der Waals surface area contributed by atoms with Crippen LogP contribution >= 0.6 is 0 Å². The number of hydrogen-bond donors (Lipinski definition) is 0. The first-order chi connectivity index (χ1) is 10.7. The number of fused-ring (bicyclic) bond motifs is 2. The van der Waals surface area contributed by atoms with Crippen molar-refractivity contribution in [2.45, 2.75) is 20.1 Å². The van der Waals surface area contributed by atoms with Crippen molar-refractivity contribution >= 4 is 12.2 Å². The molecule has 2 aromatic rings. The summed E-state index contributed by atoms with van der Waals surface area (Å²) in [5, 5.41) is 0. The van der Waals surface area contributed by atoms with E-state index in [4.69, 9.17) is 0 Å². The standard InChI is InChI=1S/C20H16.2Zr/c1-5-15-9-3-11-19(15)17(7-1)13-14-18-8-2-6-16-10-4-12-20(16)18;;/h1-12H,13-14H2;;. The van der Waals surface area contributed by atoms with Gasteiger partial charge in [0.25, 0.3) is 0 Å². The number of allylic oxidation sites excluding steroid dienone is 2. The number of aryl methyl sites for hydroxylation is 2. The summed E-state index contributed by atoms with van der Waals surface area (Å²) in [6.07, 6.45) is 11.6. The molecule has 2 aliphatic rings. The molecule has 0 nitrogen and oxygen atoms in total. The summed E-state index contributed by atoms with van der Waals surface area (Å²) >= 11 is 3.20. The average molecular weight is 439 g/mol. The van der Waals surface area contributed by atoms with E-state index < -0.39 is 0 Å². The van der Waals surface area contributed by atoms with E-state index in [9.17, 15) is 0 Å². The average Bonchev–Trinajstić information content (AvgIpc) is 3.10. The predicted molar refractivity (Wildman–Crippen MR) is 83.8 cm³/mol. The minimum absolute atomic E-state index is 0.658. The van der Waals surface area contributed by atoms with Crippen molar-refractivity contribution in [3.63, 3.8) is 0 Å². The first-order valence-corrected chi connectivity index (χ1v) is 10.6. The monoisotopic (exact) mass is 436 g/mol. The van der Waals surface area contributed by atoms with E-state index in [1.54, 1.807) is 71.7 Å². The van der Waals surface area contributed by atoms with Gasteiger partial charge in [0.1, 0.15) is 0 Å². The van der Waals surface area contributed by atoms with Crippen LogP contribution in [0, 0.1) is 0 Å². The topological polar surface area (TPSA) is 0 Å². The number of hydrogen-bond acceptors (Lipinski definition) is 0. The zero-order valence-electron chi connectivity index (χ0n) is 12.3. The zero-order valence-corrected chi connectivity index (χ0v) is 17.3. The van der Waals surface area contributed by atoms with Gasteiger partial charge in [0.05, 0.1) is 0 Å². The van der Waals surface area contributed by atoms with Crippen molar-refractivity contribution in [3.8, 4) is 0 Å². The van der Waals surface area contributed by atoms with Gasteiger partial charge in [0.15, 0.2) is 0 Å². The molecule has 0 spiro atoms. The first kappa shape index (κ1) is 15.2. The molecule has 0 amide bonds. The molecule has 2 aromatic carbocycles. The Morgan fingerprint density at radius 3 is 1.59 bits per heavy atom. The fourth-order valence-corrected chi connectivity index (χ4v) is 5.82. The molecule has 2 heteroatoms. The summed E-state index contributed by atoms with van der Waals surface area (Å²) in [4.78, 5) is 0. The summed E-state index contributed by atoms with van der Waals surface area (Å²) in [6, 6.07) is 13.6. The Bertz CT molecular complexity index is 719. The van der Waals surface area contributed by atoms with Gasteiger partial charge in [-0.3, -0.25) is 0 Å². The second kappa shape index (κ2) is 6.30. The van der Waals surface area contributed by atoms with Crippen molar-refractivity contribution < 1.29 is 49.4 Å². The van der Waals surface area contributed by atoms with E-state index in [0.717, 1.165) is 12.8 Å². The first-order valence-electron chi connectivity index (χ1n) is 7.76. The van der Waals surface area contributed by atoms with Gasteiger partial charge in [-0.25, -0.2) is 0 Å². The molecule has 22 heavy (non-hydrogen) atoms. The Morgan fingerprint density at radius 2 is 1.14 bits per heavy atom. The Balaban J connectivity index is 1.61. The molecule has 0 N–H and O–H groups in total. The van der Waals surface area contributed by atoms with Crippen molar-refractivity contribution in [1.29, 1.82) is 0 Å². The quantitative estimate of drug-likeness (QED) is 0.651. The van der Waals surface area contributed by atoms with Gasteiger partial charge >= 0.3 is 164 Å². The van der Waals surface area contributed by atoms with Crippen molar-refractivity contribution in [3.05, 3.63) is 81.9 Å². The van der Waals surface area contributed by atoms with Crippen LogP contribution in [0.5, 0.6) is 0 Å². The molecule has 0 aliphatic heterocycles. The van der Waals surface area contributed by atoms with Crippen LogP contribution in [0.25, 0.3) is 12.2 Å².